The fourth-order valence-electron chi connectivity index (χ4n) is 5.48. The van der Waals surface area contributed by atoms with Crippen molar-refractivity contribution >= 4 is 0 Å². The van der Waals surface area contributed by atoms with Gasteiger partial charge in [0.2, 0.25) is 5.67 Å². The van der Waals surface area contributed by atoms with E-state index in [-0.39, 0.29) is 16.7 Å². The van der Waals surface area contributed by atoms with Gasteiger partial charge < -0.3 is 0 Å². The molecule has 4 rings (SSSR count). The Hall–Kier alpha value is -1.79. The summed E-state index contributed by atoms with van der Waals surface area (Å²) >= 11 is 0. The molecule has 1 fully saturated rings. The number of halogens is 4. The molecule has 0 saturated heterocycles. The van der Waals surface area contributed by atoms with Crippen molar-refractivity contribution in [3.8, 4) is 0 Å². The van der Waals surface area contributed by atoms with Gasteiger partial charge in [-0.15, -0.1) is 0 Å². The molecule has 1 aromatic rings. The Labute approximate surface area is 149 Å². The quantitative estimate of drug-likeness (QED) is 0.677. The van der Waals surface area contributed by atoms with Crippen molar-refractivity contribution in [3.05, 3.63) is 45.9 Å². The highest BCUT2D eigenvalue weighted by molar-refractivity contribution is 5.45. The van der Waals surface area contributed by atoms with Crippen LogP contribution in [0, 0.1) is 5.41 Å². The first-order valence-corrected chi connectivity index (χ1v) is 8.81. The van der Waals surface area contributed by atoms with Gasteiger partial charge in [0.15, 0.2) is 0 Å². The predicted octanol–water partition coefficient (Wildman–Crippen LogP) is 4.30. The number of fused-ring (bicyclic) bond motifs is 5. The van der Waals surface area contributed by atoms with E-state index in [1.54, 1.807) is 7.05 Å². The number of hydrogen-bond acceptors (Lipinski definition) is 1. The average Bonchev–Trinajstić information content (AvgIpc) is 2.99. The molecular formula is C19H22F4N2O. The van der Waals surface area contributed by atoms with Crippen LogP contribution in [-0.4, -0.2) is 21.2 Å². The van der Waals surface area contributed by atoms with Crippen LogP contribution in [0.15, 0.2) is 29.1 Å². The predicted molar refractivity (Wildman–Crippen MR) is 90.0 cm³/mol. The van der Waals surface area contributed by atoms with Gasteiger partial charge in [-0.05, 0) is 30.3 Å². The maximum atomic E-state index is 15.1. The lowest BCUT2D eigenvalue weighted by Crippen LogP contribution is -2.50. The zero-order chi connectivity index (χ0) is 19.3. The molecule has 1 aromatic heterocycles. The highest BCUT2D eigenvalue weighted by Crippen LogP contribution is 2.67. The second kappa shape index (κ2) is 4.73. The van der Waals surface area contributed by atoms with Gasteiger partial charge in [-0.1, -0.05) is 39.0 Å². The van der Waals surface area contributed by atoms with E-state index < -0.39 is 23.4 Å². The first-order valence-electron chi connectivity index (χ1n) is 8.81. The van der Waals surface area contributed by atoms with Crippen molar-refractivity contribution < 1.29 is 17.6 Å². The van der Waals surface area contributed by atoms with E-state index in [2.05, 4.69) is 20.8 Å². The summed E-state index contributed by atoms with van der Waals surface area (Å²) in [5.41, 5.74) is -3.24. The average molecular weight is 370 g/mol. The molecule has 3 nitrogen and oxygen atoms in total. The second-order valence-corrected chi connectivity index (χ2v) is 8.54. The van der Waals surface area contributed by atoms with Crippen LogP contribution in [0.25, 0.3) is 0 Å². The third kappa shape index (κ3) is 1.72. The monoisotopic (exact) mass is 370 g/mol. The summed E-state index contributed by atoms with van der Waals surface area (Å²) in [6, 6.07) is -1.75. The lowest BCUT2D eigenvalue weighted by molar-refractivity contribution is -0.223. The van der Waals surface area contributed by atoms with E-state index >= 15 is 4.39 Å². The maximum Gasteiger partial charge on any atom is 0.428 e. The first-order chi connectivity index (χ1) is 11.9. The fraction of sp³-hybridized carbons (Fsp3) is 0.632. The number of hydrogen-bond donors (Lipinski definition) is 0. The van der Waals surface area contributed by atoms with Crippen LogP contribution in [0.5, 0.6) is 0 Å². The van der Waals surface area contributed by atoms with Crippen molar-refractivity contribution in [2.24, 2.45) is 12.5 Å². The molecule has 1 heterocycles. The lowest BCUT2D eigenvalue weighted by Gasteiger charge is -2.38. The molecule has 7 heteroatoms. The van der Waals surface area contributed by atoms with Crippen molar-refractivity contribution in [1.29, 1.82) is 0 Å². The number of allylic oxidation sites excluding steroid dienone is 4. The van der Waals surface area contributed by atoms with Gasteiger partial charge >= 0.3 is 6.18 Å². The molecule has 2 unspecified atom stereocenters. The van der Waals surface area contributed by atoms with Crippen molar-refractivity contribution in [3.63, 3.8) is 0 Å². The van der Waals surface area contributed by atoms with Crippen molar-refractivity contribution in [1.82, 2.24) is 9.36 Å². The normalized spacial score (nSPS) is 37.4. The molecule has 3 aliphatic rings. The molecule has 26 heavy (non-hydrogen) atoms. The molecular weight excluding hydrogens is 348 g/mol. The van der Waals surface area contributed by atoms with Crippen LogP contribution >= 0.6 is 0 Å². The molecule has 4 atom stereocenters. The Balaban J connectivity index is 1.96. The highest BCUT2D eigenvalue weighted by atomic mass is 19.4. The van der Waals surface area contributed by atoms with E-state index in [1.807, 2.05) is 0 Å². The standard InChI is InChI=1S/C19H22F4N2O/c1-16(2)11-8-10-17(16,3)14-13(11)15(26)25(24(14)4)12-7-5-6-9-18(12,20)19(21,22)23/h5-7,9,11-12H,8,10H2,1-4H3/t11-,12?,17+,18?/m1/s1. The van der Waals surface area contributed by atoms with Gasteiger partial charge in [0.1, 0.15) is 6.04 Å². The Morgan fingerprint density at radius 1 is 1.19 bits per heavy atom. The molecule has 0 amide bonds. The van der Waals surface area contributed by atoms with Crippen LogP contribution in [0.3, 0.4) is 0 Å². The summed E-state index contributed by atoms with van der Waals surface area (Å²) in [6.07, 6.45) is 0.613. The fourth-order valence-corrected chi connectivity index (χ4v) is 5.48. The van der Waals surface area contributed by atoms with E-state index in [4.69, 9.17) is 0 Å². The zero-order valence-electron chi connectivity index (χ0n) is 15.2. The third-order valence-corrected chi connectivity index (χ3v) is 7.31. The van der Waals surface area contributed by atoms with E-state index in [0.29, 0.717) is 11.6 Å². The molecule has 0 N–H and O–H groups in total. The number of alkyl halides is 4. The zero-order valence-corrected chi connectivity index (χ0v) is 15.2. The van der Waals surface area contributed by atoms with Crippen LogP contribution in [0.1, 0.15) is 56.8 Å². The summed E-state index contributed by atoms with van der Waals surface area (Å²) in [7, 11) is 1.57. The third-order valence-electron chi connectivity index (χ3n) is 7.31. The minimum Gasteiger partial charge on any atom is -0.288 e. The van der Waals surface area contributed by atoms with Gasteiger partial charge in [-0.3, -0.25) is 9.48 Å². The minimum atomic E-state index is -5.12. The smallest absolute Gasteiger partial charge is 0.288 e. The van der Waals surface area contributed by atoms with E-state index in [9.17, 15) is 18.0 Å². The van der Waals surface area contributed by atoms with Gasteiger partial charge in [0.05, 0.1) is 5.69 Å². The Morgan fingerprint density at radius 3 is 2.42 bits per heavy atom. The van der Waals surface area contributed by atoms with Gasteiger partial charge in [0, 0.05) is 18.0 Å². The largest absolute Gasteiger partial charge is 0.428 e. The molecule has 0 spiro atoms. The molecule has 142 valence electrons. The maximum absolute atomic E-state index is 15.1. The van der Waals surface area contributed by atoms with Gasteiger partial charge in [0.25, 0.3) is 5.56 Å². The molecule has 0 aromatic carbocycles. The second-order valence-electron chi connectivity index (χ2n) is 8.54. The summed E-state index contributed by atoms with van der Waals surface area (Å²) in [5, 5.41) is 0. The van der Waals surface area contributed by atoms with E-state index in [1.165, 1.54) is 10.8 Å². The Morgan fingerprint density at radius 2 is 1.85 bits per heavy atom. The molecule has 0 radical (unpaired) electrons. The molecule has 3 aliphatic carbocycles. The van der Waals surface area contributed by atoms with Crippen LogP contribution in [0.4, 0.5) is 17.6 Å². The summed E-state index contributed by atoms with van der Waals surface area (Å²) in [5.74, 6) is -0.00883. The van der Waals surface area contributed by atoms with Crippen molar-refractivity contribution in [2.45, 2.75) is 62.8 Å². The van der Waals surface area contributed by atoms with Crippen LogP contribution < -0.4 is 5.56 Å². The van der Waals surface area contributed by atoms with Gasteiger partial charge in [-0.2, -0.15) is 13.2 Å². The molecule has 1 saturated carbocycles. The van der Waals surface area contributed by atoms with Crippen LogP contribution in [-0.2, 0) is 12.5 Å². The first kappa shape index (κ1) is 17.6. The summed E-state index contributed by atoms with van der Waals surface area (Å²) < 4.78 is 58.0. The number of nitrogens with zero attached hydrogens (tertiary/aromatic N) is 2. The Kier molecular flexibility index (Phi) is 3.20. The SMILES string of the molecule is Cn1c2c(c(=O)n1C1C=CC=CC1(F)C(F)(F)F)[C@H]1CC[C@]2(C)C1(C)C. The minimum absolute atomic E-state index is 0.00883. The van der Waals surface area contributed by atoms with Crippen LogP contribution in [0.2, 0.25) is 0 Å². The lowest BCUT2D eigenvalue weighted by atomic mass is 9.70. The van der Waals surface area contributed by atoms with E-state index in [0.717, 1.165) is 35.4 Å². The topological polar surface area (TPSA) is 26.9 Å². The number of aromatic nitrogens is 2. The molecule has 2 bridgehead atoms. The molecule has 0 aliphatic heterocycles. The number of rotatable bonds is 1. The van der Waals surface area contributed by atoms with Gasteiger partial charge in [-0.25, -0.2) is 9.07 Å². The summed E-state index contributed by atoms with van der Waals surface area (Å²) in [6.45, 7) is 6.27. The highest BCUT2D eigenvalue weighted by Gasteiger charge is 2.65. The summed E-state index contributed by atoms with van der Waals surface area (Å²) in [4.78, 5) is 13.2. The van der Waals surface area contributed by atoms with Crippen molar-refractivity contribution in [2.75, 3.05) is 0 Å². The Bertz CT molecular complexity index is 904.